The molecule has 9 aromatic rings. The van der Waals surface area contributed by atoms with E-state index in [2.05, 4.69) is 193 Å². The highest BCUT2D eigenvalue weighted by Gasteiger charge is 2.45. The van der Waals surface area contributed by atoms with Gasteiger partial charge in [-0.3, -0.25) is 0 Å². The maximum Gasteiger partial charge on any atom is 0.0540 e. The lowest BCUT2D eigenvalue weighted by atomic mass is 9.77. The Hall–Kier alpha value is -6.22. The summed E-state index contributed by atoms with van der Waals surface area (Å²) in [5, 5.41) is 2.61. The molecule has 11 rings (SSSR count). The van der Waals surface area contributed by atoms with E-state index in [0.717, 1.165) is 11.4 Å². The standard InChI is InChI=1S/C53H39NS/c1-2-16-36(17-3-1)39-18-4-5-19-40(39)41-20-6-7-21-42(41)44-23-9-12-26-50(44)54(38-29-31-52-47(35-38)45-24-10-13-27-51(45)55-52)37-28-30-49-46(34-37)43-22-8-11-25-48(43)53(49)32-14-15-33-53/h1-13,16-31,34-35H,14-15,32-33H2. The van der Waals surface area contributed by atoms with E-state index in [1.165, 1.54) is 107 Å². The molecule has 1 heterocycles. The zero-order valence-corrected chi connectivity index (χ0v) is 31.4. The number of anilines is 3. The summed E-state index contributed by atoms with van der Waals surface area (Å²) in [6.45, 7) is 0. The lowest BCUT2D eigenvalue weighted by molar-refractivity contribution is 0.550. The topological polar surface area (TPSA) is 3.24 Å². The minimum atomic E-state index is 0.132. The Morgan fingerprint density at radius 3 is 1.73 bits per heavy atom. The van der Waals surface area contributed by atoms with Crippen LogP contribution in [0.2, 0.25) is 0 Å². The van der Waals surface area contributed by atoms with Crippen LogP contribution in [-0.2, 0) is 5.41 Å². The minimum absolute atomic E-state index is 0.132. The van der Waals surface area contributed by atoms with E-state index in [4.69, 9.17) is 0 Å². The molecule has 55 heavy (non-hydrogen) atoms. The molecular weight excluding hydrogens is 683 g/mol. The fourth-order valence-corrected chi connectivity index (χ4v) is 10.9. The molecule has 1 aromatic heterocycles. The quantitative estimate of drug-likeness (QED) is 0.165. The summed E-state index contributed by atoms with van der Waals surface area (Å²) in [6.07, 6.45) is 5.03. The van der Waals surface area contributed by atoms with Crippen LogP contribution in [0.1, 0.15) is 36.8 Å². The first-order chi connectivity index (χ1) is 27.3. The predicted molar refractivity (Wildman–Crippen MR) is 235 cm³/mol. The summed E-state index contributed by atoms with van der Waals surface area (Å²) in [7, 11) is 0. The first kappa shape index (κ1) is 32.2. The van der Waals surface area contributed by atoms with Crippen LogP contribution < -0.4 is 4.90 Å². The van der Waals surface area contributed by atoms with Crippen LogP contribution in [0.15, 0.2) is 188 Å². The molecule has 0 saturated heterocycles. The number of hydrogen-bond donors (Lipinski definition) is 0. The Kier molecular flexibility index (Phi) is 7.60. The Labute approximate surface area is 326 Å². The number of fused-ring (bicyclic) bond motifs is 8. The fraction of sp³-hybridized carbons (Fsp3) is 0.0943. The van der Waals surface area contributed by atoms with Gasteiger partial charge in [0.05, 0.1) is 5.69 Å². The Bertz CT molecular complexity index is 2890. The molecule has 1 saturated carbocycles. The molecule has 0 radical (unpaired) electrons. The van der Waals surface area contributed by atoms with Gasteiger partial charge in [0.2, 0.25) is 0 Å². The Morgan fingerprint density at radius 1 is 0.382 bits per heavy atom. The van der Waals surface area contributed by atoms with Gasteiger partial charge < -0.3 is 4.90 Å². The molecule has 0 aliphatic heterocycles. The van der Waals surface area contributed by atoms with E-state index in [1.807, 2.05) is 11.3 Å². The van der Waals surface area contributed by atoms with Gasteiger partial charge in [-0.25, -0.2) is 0 Å². The van der Waals surface area contributed by atoms with Crippen molar-refractivity contribution in [2.24, 2.45) is 0 Å². The van der Waals surface area contributed by atoms with Crippen molar-refractivity contribution in [1.29, 1.82) is 0 Å². The summed E-state index contributed by atoms with van der Waals surface area (Å²) in [4.78, 5) is 2.52. The molecule has 2 aliphatic carbocycles. The first-order valence-electron chi connectivity index (χ1n) is 19.6. The summed E-state index contributed by atoms with van der Waals surface area (Å²) >= 11 is 1.87. The average molecular weight is 722 g/mol. The number of nitrogens with zero attached hydrogens (tertiary/aromatic N) is 1. The lowest BCUT2D eigenvalue weighted by Crippen LogP contribution is -2.20. The molecule has 0 atom stereocenters. The highest BCUT2D eigenvalue weighted by molar-refractivity contribution is 7.25. The van der Waals surface area contributed by atoms with Crippen LogP contribution in [-0.4, -0.2) is 0 Å². The van der Waals surface area contributed by atoms with E-state index in [0.29, 0.717) is 0 Å². The largest absolute Gasteiger partial charge is 0.310 e. The molecule has 2 aliphatic rings. The molecule has 262 valence electrons. The van der Waals surface area contributed by atoms with Crippen molar-refractivity contribution in [2.75, 3.05) is 4.90 Å². The molecule has 0 amide bonds. The van der Waals surface area contributed by atoms with Crippen molar-refractivity contribution in [3.05, 3.63) is 199 Å². The van der Waals surface area contributed by atoms with E-state index < -0.39 is 0 Å². The van der Waals surface area contributed by atoms with Crippen molar-refractivity contribution < 1.29 is 0 Å². The van der Waals surface area contributed by atoms with E-state index in [-0.39, 0.29) is 5.41 Å². The van der Waals surface area contributed by atoms with Crippen molar-refractivity contribution in [3.63, 3.8) is 0 Å². The second kappa shape index (κ2) is 13.0. The second-order valence-electron chi connectivity index (χ2n) is 15.2. The zero-order valence-electron chi connectivity index (χ0n) is 30.6. The maximum atomic E-state index is 2.52. The average Bonchev–Trinajstić information content (AvgIpc) is 3.97. The number of thiophene rings is 1. The van der Waals surface area contributed by atoms with Gasteiger partial charge in [0.1, 0.15) is 0 Å². The van der Waals surface area contributed by atoms with Gasteiger partial charge in [-0.15, -0.1) is 11.3 Å². The smallest absolute Gasteiger partial charge is 0.0540 e. The van der Waals surface area contributed by atoms with Gasteiger partial charge in [-0.05, 0) is 105 Å². The second-order valence-corrected chi connectivity index (χ2v) is 16.2. The number of hydrogen-bond acceptors (Lipinski definition) is 2. The van der Waals surface area contributed by atoms with Crippen molar-refractivity contribution in [2.45, 2.75) is 31.1 Å². The highest BCUT2D eigenvalue weighted by Crippen LogP contribution is 2.58. The van der Waals surface area contributed by atoms with E-state index in [9.17, 15) is 0 Å². The molecule has 2 heteroatoms. The van der Waals surface area contributed by atoms with Crippen molar-refractivity contribution in [1.82, 2.24) is 0 Å². The third kappa shape index (κ3) is 5.13. The molecular formula is C53H39NS. The maximum absolute atomic E-state index is 2.52. The predicted octanol–water partition coefficient (Wildman–Crippen LogP) is 15.4. The normalized spacial score (nSPS) is 14.0. The SMILES string of the molecule is c1ccc(-c2ccccc2-c2ccccc2-c2ccccc2N(c2ccc3c(c2)-c2ccccc2C32CCCC2)c2ccc3sc4ccccc4c3c2)cc1. The lowest BCUT2D eigenvalue weighted by Gasteiger charge is -2.30. The number of para-hydroxylation sites is 1. The molecule has 1 fully saturated rings. The van der Waals surface area contributed by atoms with E-state index in [1.54, 1.807) is 0 Å². The minimum Gasteiger partial charge on any atom is -0.310 e. The number of benzene rings is 8. The monoisotopic (exact) mass is 721 g/mol. The number of rotatable bonds is 6. The first-order valence-corrected chi connectivity index (χ1v) is 20.4. The molecule has 0 unspecified atom stereocenters. The van der Waals surface area contributed by atoms with E-state index >= 15 is 0 Å². The zero-order chi connectivity index (χ0) is 36.3. The van der Waals surface area contributed by atoms with Crippen molar-refractivity contribution in [3.8, 4) is 44.5 Å². The van der Waals surface area contributed by atoms with Crippen LogP contribution in [0.5, 0.6) is 0 Å². The fourth-order valence-electron chi connectivity index (χ4n) is 9.83. The van der Waals surface area contributed by atoms with Gasteiger partial charge >= 0.3 is 0 Å². The van der Waals surface area contributed by atoms with Gasteiger partial charge in [0, 0.05) is 42.5 Å². The van der Waals surface area contributed by atoms with Crippen LogP contribution in [0.4, 0.5) is 17.1 Å². The molecule has 1 spiro atoms. The van der Waals surface area contributed by atoms with Crippen molar-refractivity contribution >= 4 is 48.6 Å². The summed E-state index contributed by atoms with van der Waals surface area (Å²) in [6, 6.07) is 70.0. The van der Waals surface area contributed by atoms with Crippen LogP contribution in [0.25, 0.3) is 64.7 Å². The van der Waals surface area contributed by atoms with Crippen LogP contribution in [0.3, 0.4) is 0 Å². The van der Waals surface area contributed by atoms with Gasteiger partial charge in [0.15, 0.2) is 0 Å². The third-order valence-electron chi connectivity index (χ3n) is 12.2. The van der Waals surface area contributed by atoms with Gasteiger partial charge in [-0.1, -0.05) is 158 Å². The highest BCUT2D eigenvalue weighted by atomic mass is 32.1. The van der Waals surface area contributed by atoms with Gasteiger partial charge in [-0.2, -0.15) is 0 Å². The Balaban J connectivity index is 1.15. The molecule has 8 aromatic carbocycles. The molecule has 0 bridgehead atoms. The van der Waals surface area contributed by atoms with Crippen LogP contribution in [0, 0.1) is 0 Å². The summed E-state index contributed by atoms with van der Waals surface area (Å²) in [5.41, 5.74) is 16.8. The Morgan fingerprint density at radius 2 is 0.927 bits per heavy atom. The summed E-state index contributed by atoms with van der Waals surface area (Å²) in [5.74, 6) is 0. The van der Waals surface area contributed by atoms with Crippen LogP contribution >= 0.6 is 11.3 Å². The third-order valence-corrected chi connectivity index (χ3v) is 13.4. The molecule has 1 nitrogen and oxygen atoms in total. The summed E-state index contributed by atoms with van der Waals surface area (Å²) < 4.78 is 2.63. The van der Waals surface area contributed by atoms with Gasteiger partial charge in [0.25, 0.3) is 0 Å². The molecule has 0 N–H and O–H groups in total.